The number of aliphatic hydroxyl groups excluding tert-OH is 1. The van der Waals surface area contributed by atoms with Crippen LogP contribution in [-0.4, -0.2) is 47.8 Å². The van der Waals surface area contributed by atoms with Crippen molar-refractivity contribution in [1.82, 2.24) is 5.32 Å². The van der Waals surface area contributed by atoms with E-state index in [0.29, 0.717) is 6.42 Å². The summed E-state index contributed by atoms with van der Waals surface area (Å²) in [5.74, 6) is -0.239. The van der Waals surface area contributed by atoms with Gasteiger partial charge in [0, 0.05) is 13.0 Å². The van der Waals surface area contributed by atoms with Crippen LogP contribution in [0.1, 0.15) is 117 Å². The van der Waals surface area contributed by atoms with E-state index in [1.54, 1.807) is 6.08 Å². The van der Waals surface area contributed by atoms with Crippen molar-refractivity contribution in [3.05, 3.63) is 85.1 Å². The van der Waals surface area contributed by atoms with Crippen LogP contribution >= 0.6 is 7.82 Å². The molecular weight excluding hydrogens is 611 g/mol. The Hall–Kier alpha value is -2.32. The monoisotopic (exact) mass is 676 g/mol. The first-order chi connectivity index (χ1) is 22.9. The van der Waals surface area contributed by atoms with Crippen LogP contribution in [0.5, 0.6) is 0 Å². The maximum atomic E-state index is 12.7. The molecule has 3 unspecified atom stereocenters. The van der Waals surface area contributed by atoms with E-state index in [4.69, 9.17) is 14.8 Å². The predicted octanol–water partition coefficient (Wildman–Crippen LogP) is 9.10. The zero-order valence-corrected chi connectivity index (χ0v) is 30.1. The fourth-order valence-corrected chi connectivity index (χ4v) is 5.04. The molecule has 3 atom stereocenters. The van der Waals surface area contributed by atoms with Crippen molar-refractivity contribution < 1.29 is 28.4 Å². The van der Waals surface area contributed by atoms with Crippen molar-refractivity contribution in [2.24, 2.45) is 5.73 Å². The highest BCUT2D eigenvalue weighted by Gasteiger charge is 2.26. The van der Waals surface area contributed by atoms with E-state index in [0.717, 1.165) is 96.3 Å². The van der Waals surface area contributed by atoms with Crippen LogP contribution in [0.3, 0.4) is 0 Å². The molecule has 0 aromatic rings. The Kier molecular flexibility index (Phi) is 31.9. The Balaban J connectivity index is 4.46. The maximum absolute atomic E-state index is 12.7. The standard InChI is InChI=1S/C38H65N2O6P/c1-3-5-7-9-11-13-15-16-17-18-19-20-22-24-26-28-30-32-38(42)40-36(35-46-47(43,44)45-34-33-39)37(41)31-29-27-25-23-21-14-12-10-8-6-4-2/h5,7-8,10-11,13,16-17,19-21,23,29,31,36-37,41H,3-4,6,9,12,14-15,18,22,24-28,30,32-35,39H2,1-2H3,(H,40,42)(H,43,44)/b7-5-,10-8+,13-11-,17-16-,20-19-,23-21+,31-29+. The molecular formula is C38H65N2O6P. The summed E-state index contributed by atoms with van der Waals surface area (Å²) in [5, 5.41) is 13.5. The zero-order chi connectivity index (χ0) is 34.7. The highest BCUT2D eigenvalue weighted by molar-refractivity contribution is 7.47. The van der Waals surface area contributed by atoms with E-state index in [9.17, 15) is 19.4 Å². The molecule has 268 valence electrons. The smallest absolute Gasteiger partial charge is 0.387 e. The number of hydrogen-bond acceptors (Lipinski definition) is 6. The Labute approximate surface area is 286 Å². The second kappa shape index (κ2) is 33.6. The number of rotatable bonds is 31. The number of aliphatic hydroxyl groups is 1. The molecule has 5 N–H and O–H groups in total. The van der Waals surface area contributed by atoms with Crippen molar-refractivity contribution in [3.8, 4) is 0 Å². The minimum atomic E-state index is -4.35. The number of phosphoric acid groups is 1. The Morgan fingerprint density at radius 3 is 1.85 bits per heavy atom. The van der Waals surface area contributed by atoms with Gasteiger partial charge < -0.3 is 21.1 Å². The van der Waals surface area contributed by atoms with Gasteiger partial charge in [-0.15, -0.1) is 0 Å². The summed E-state index contributed by atoms with van der Waals surface area (Å²) < 4.78 is 21.9. The number of allylic oxidation sites excluding steroid dienone is 13. The molecule has 47 heavy (non-hydrogen) atoms. The van der Waals surface area contributed by atoms with Gasteiger partial charge in [0.2, 0.25) is 5.91 Å². The molecule has 0 aliphatic heterocycles. The molecule has 0 aromatic carbocycles. The Bertz CT molecular complexity index is 1000. The molecule has 0 aliphatic carbocycles. The molecule has 0 saturated heterocycles. The number of hydrogen-bond donors (Lipinski definition) is 4. The highest BCUT2D eigenvalue weighted by atomic mass is 31.2. The zero-order valence-electron chi connectivity index (χ0n) is 29.2. The van der Waals surface area contributed by atoms with Crippen molar-refractivity contribution in [2.45, 2.75) is 129 Å². The average molecular weight is 677 g/mol. The molecule has 0 saturated carbocycles. The Morgan fingerprint density at radius 1 is 0.723 bits per heavy atom. The Morgan fingerprint density at radius 2 is 1.26 bits per heavy atom. The molecule has 8 nitrogen and oxygen atoms in total. The number of amides is 1. The van der Waals surface area contributed by atoms with Crippen molar-refractivity contribution in [2.75, 3.05) is 19.8 Å². The second-order valence-electron chi connectivity index (χ2n) is 11.3. The summed E-state index contributed by atoms with van der Waals surface area (Å²) >= 11 is 0. The van der Waals surface area contributed by atoms with Gasteiger partial charge in [-0.25, -0.2) is 4.57 Å². The summed E-state index contributed by atoms with van der Waals surface area (Å²) in [5.41, 5.74) is 5.34. The average Bonchev–Trinajstić information content (AvgIpc) is 3.05. The number of carbonyl (C=O) groups excluding carboxylic acids is 1. The van der Waals surface area contributed by atoms with Gasteiger partial charge in [0.1, 0.15) is 0 Å². The predicted molar refractivity (Wildman–Crippen MR) is 198 cm³/mol. The third-order valence-corrected chi connectivity index (χ3v) is 7.90. The number of nitrogens with two attached hydrogens (primary N) is 1. The summed E-state index contributed by atoms with van der Waals surface area (Å²) in [7, 11) is -4.35. The molecule has 0 spiro atoms. The number of phosphoric ester groups is 1. The molecule has 9 heteroatoms. The van der Waals surface area contributed by atoms with E-state index in [-0.39, 0.29) is 25.7 Å². The molecule has 0 aliphatic rings. The van der Waals surface area contributed by atoms with Gasteiger partial charge in [0.05, 0.1) is 25.4 Å². The lowest BCUT2D eigenvalue weighted by atomic mass is 10.1. The molecule has 0 heterocycles. The van der Waals surface area contributed by atoms with Gasteiger partial charge in [-0.1, -0.05) is 118 Å². The van der Waals surface area contributed by atoms with E-state index < -0.39 is 20.0 Å². The number of carbonyl (C=O) groups is 1. The van der Waals surface area contributed by atoms with E-state index in [1.807, 2.05) is 6.08 Å². The van der Waals surface area contributed by atoms with Crippen LogP contribution in [0.2, 0.25) is 0 Å². The van der Waals surface area contributed by atoms with Crippen molar-refractivity contribution in [3.63, 3.8) is 0 Å². The third-order valence-electron chi connectivity index (χ3n) is 6.91. The van der Waals surface area contributed by atoms with Crippen molar-refractivity contribution >= 4 is 13.7 Å². The number of nitrogens with one attached hydrogen (secondary N) is 1. The van der Waals surface area contributed by atoms with Crippen LogP contribution in [0.25, 0.3) is 0 Å². The molecule has 1 amide bonds. The van der Waals surface area contributed by atoms with Gasteiger partial charge in [-0.05, 0) is 77.0 Å². The minimum absolute atomic E-state index is 0.0624. The molecule has 0 aromatic heterocycles. The van der Waals surface area contributed by atoms with Gasteiger partial charge >= 0.3 is 7.82 Å². The second-order valence-corrected chi connectivity index (χ2v) is 12.8. The van der Waals surface area contributed by atoms with Crippen LogP contribution in [0.4, 0.5) is 0 Å². The van der Waals surface area contributed by atoms with Crippen LogP contribution in [0, 0.1) is 0 Å². The lowest BCUT2D eigenvalue weighted by Gasteiger charge is -2.23. The van der Waals surface area contributed by atoms with E-state index in [1.165, 1.54) is 0 Å². The van der Waals surface area contributed by atoms with E-state index in [2.05, 4.69) is 92.1 Å². The molecule has 0 radical (unpaired) electrons. The maximum Gasteiger partial charge on any atom is 0.472 e. The molecule has 0 fully saturated rings. The minimum Gasteiger partial charge on any atom is -0.387 e. The third kappa shape index (κ3) is 32.0. The fourth-order valence-electron chi connectivity index (χ4n) is 4.28. The summed E-state index contributed by atoms with van der Waals surface area (Å²) in [6.45, 7) is 3.85. The summed E-state index contributed by atoms with van der Waals surface area (Å²) in [4.78, 5) is 22.5. The first kappa shape index (κ1) is 44.7. The van der Waals surface area contributed by atoms with Crippen LogP contribution < -0.4 is 11.1 Å². The quantitative estimate of drug-likeness (QED) is 0.0327. The largest absolute Gasteiger partial charge is 0.472 e. The van der Waals surface area contributed by atoms with Crippen LogP contribution in [0.15, 0.2) is 85.1 Å². The SMILES string of the molecule is CC/C=C\C/C=C\C/C=C\C/C=C\CCCCCCC(=O)NC(COP(=O)(O)OCCN)C(O)/C=C/CC/C=C/CC/C=C/CCC. The fraction of sp³-hybridized carbons (Fsp3) is 0.605. The first-order valence-corrected chi connectivity index (χ1v) is 19.2. The molecule has 0 rings (SSSR count). The van der Waals surface area contributed by atoms with Gasteiger partial charge in [0.15, 0.2) is 0 Å². The molecule has 0 bridgehead atoms. The summed E-state index contributed by atoms with van der Waals surface area (Å²) in [6, 6.07) is -0.899. The van der Waals surface area contributed by atoms with Crippen LogP contribution in [-0.2, 0) is 18.4 Å². The number of unbranched alkanes of at least 4 members (excludes halogenated alkanes) is 7. The topological polar surface area (TPSA) is 131 Å². The van der Waals surface area contributed by atoms with Gasteiger partial charge in [-0.2, -0.15) is 0 Å². The highest BCUT2D eigenvalue weighted by Crippen LogP contribution is 2.43. The lowest BCUT2D eigenvalue weighted by molar-refractivity contribution is -0.123. The van der Waals surface area contributed by atoms with Crippen molar-refractivity contribution in [1.29, 1.82) is 0 Å². The normalized spacial score (nSPS) is 15.4. The van der Waals surface area contributed by atoms with E-state index >= 15 is 0 Å². The summed E-state index contributed by atoms with van der Waals surface area (Å²) in [6.07, 6.45) is 43.5. The lowest BCUT2D eigenvalue weighted by Crippen LogP contribution is -2.45. The van der Waals surface area contributed by atoms with Gasteiger partial charge in [0.25, 0.3) is 0 Å². The van der Waals surface area contributed by atoms with Gasteiger partial charge in [-0.3, -0.25) is 13.8 Å². The first-order valence-electron chi connectivity index (χ1n) is 17.7.